The van der Waals surface area contributed by atoms with Gasteiger partial charge >= 0.3 is 0 Å². The van der Waals surface area contributed by atoms with Crippen LogP contribution in [0.25, 0.3) is 0 Å². The van der Waals surface area contributed by atoms with Crippen LogP contribution in [-0.4, -0.2) is 33.4 Å². The molecule has 0 aliphatic carbocycles. The molecule has 0 fully saturated rings. The Balaban J connectivity index is 3.19. The molecule has 0 radical (unpaired) electrons. The number of allylic oxidation sites excluding steroid dienone is 3. The van der Waals surface area contributed by atoms with E-state index in [4.69, 9.17) is 9.47 Å². The van der Waals surface area contributed by atoms with Gasteiger partial charge in [-0.15, -0.1) is 6.58 Å². The molecule has 0 atom stereocenters. The highest BCUT2D eigenvalue weighted by molar-refractivity contribution is 5.60. The van der Waals surface area contributed by atoms with E-state index in [-0.39, 0.29) is 0 Å². The monoisotopic (exact) mass is 330 g/mol. The first kappa shape index (κ1) is 19.8. The Bertz CT molecular complexity index is 543. The quantitative estimate of drug-likeness (QED) is 0.488. The Morgan fingerprint density at radius 1 is 1.17 bits per heavy atom. The van der Waals surface area contributed by atoms with Crippen LogP contribution in [0.3, 0.4) is 0 Å². The highest BCUT2D eigenvalue weighted by Gasteiger charge is 2.13. The van der Waals surface area contributed by atoms with Crippen molar-refractivity contribution in [2.24, 2.45) is 0 Å². The van der Waals surface area contributed by atoms with Gasteiger partial charge in [0, 0.05) is 48.7 Å². The van der Waals surface area contributed by atoms with Crippen molar-refractivity contribution in [2.45, 2.75) is 26.3 Å². The number of ether oxygens (including phenoxy) is 2. The van der Waals surface area contributed by atoms with E-state index >= 15 is 0 Å². The lowest BCUT2D eigenvalue weighted by molar-refractivity contribution is 0.394. The first-order chi connectivity index (χ1) is 11.5. The Morgan fingerprint density at radius 3 is 2.25 bits per heavy atom. The van der Waals surface area contributed by atoms with Gasteiger partial charge in [0.15, 0.2) is 0 Å². The van der Waals surface area contributed by atoms with E-state index in [1.807, 2.05) is 30.4 Å². The first-order valence-electron chi connectivity index (χ1n) is 8.23. The number of hydrogen-bond donors (Lipinski definition) is 1. The fourth-order valence-corrected chi connectivity index (χ4v) is 2.33. The molecule has 1 aromatic carbocycles. The number of benzene rings is 1. The summed E-state index contributed by atoms with van der Waals surface area (Å²) in [6, 6.07) is 6.32. The maximum absolute atomic E-state index is 5.40. The maximum atomic E-state index is 5.40. The van der Waals surface area contributed by atoms with Crippen molar-refractivity contribution in [1.82, 2.24) is 5.32 Å². The van der Waals surface area contributed by atoms with Gasteiger partial charge in [-0.05, 0) is 12.5 Å². The average Bonchev–Trinajstić information content (AvgIpc) is 2.59. The Hall–Kier alpha value is -2.20. The summed E-state index contributed by atoms with van der Waals surface area (Å²) in [4.78, 5) is 2.21. The van der Waals surface area contributed by atoms with E-state index < -0.39 is 0 Å². The minimum atomic E-state index is 0.441. The van der Waals surface area contributed by atoms with Crippen molar-refractivity contribution in [1.29, 1.82) is 0 Å². The van der Waals surface area contributed by atoms with Crippen molar-refractivity contribution in [2.75, 3.05) is 32.2 Å². The Labute approximate surface area is 146 Å². The second-order valence-electron chi connectivity index (χ2n) is 5.69. The highest BCUT2D eigenvalue weighted by atomic mass is 16.5. The highest BCUT2D eigenvalue weighted by Crippen LogP contribution is 2.30. The molecule has 4 nitrogen and oxygen atoms in total. The largest absolute Gasteiger partial charge is 0.497 e. The lowest BCUT2D eigenvalue weighted by atomic mass is 10.2. The zero-order valence-corrected chi connectivity index (χ0v) is 15.3. The number of nitrogens with zero attached hydrogens (tertiary/aromatic N) is 1. The molecule has 0 saturated heterocycles. The molecule has 1 rings (SSSR count). The lowest BCUT2D eigenvalue weighted by Crippen LogP contribution is -2.34. The summed E-state index contributed by atoms with van der Waals surface area (Å²) < 4.78 is 10.8. The molecular weight excluding hydrogens is 300 g/mol. The van der Waals surface area contributed by atoms with Crippen LogP contribution >= 0.6 is 0 Å². The predicted molar refractivity (Wildman–Crippen MR) is 103 cm³/mol. The van der Waals surface area contributed by atoms with Crippen molar-refractivity contribution < 1.29 is 9.47 Å². The van der Waals surface area contributed by atoms with Crippen LogP contribution in [0.15, 0.2) is 55.3 Å². The third-order valence-corrected chi connectivity index (χ3v) is 3.55. The normalized spacial score (nSPS) is 11.3. The van der Waals surface area contributed by atoms with Crippen LogP contribution in [0.4, 0.5) is 5.69 Å². The van der Waals surface area contributed by atoms with Gasteiger partial charge in [-0.2, -0.15) is 0 Å². The molecule has 0 aliphatic rings. The fraction of sp³-hybridized carbons (Fsp3) is 0.400. The molecule has 0 unspecified atom stereocenters. The van der Waals surface area contributed by atoms with E-state index in [1.165, 1.54) is 0 Å². The molecule has 132 valence electrons. The van der Waals surface area contributed by atoms with Gasteiger partial charge < -0.3 is 19.7 Å². The summed E-state index contributed by atoms with van der Waals surface area (Å²) in [6.07, 6.45) is 6.64. The van der Waals surface area contributed by atoms with E-state index in [1.54, 1.807) is 14.2 Å². The maximum Gasteiger partial charge on any atom is 0.124 e. The van der Waals surface area contributed by atoms with Crippen molar-refractivity contribution in [3.63, 3.8) is 0 Å². The van der Waals surface area contributed by atoms with Gasteiger partial charge in [0.25, 0.3) is 0 Å². The van der Waals surface area contributed by atoms with E-state index in [9.17, 15) is 0 Å². The minimum absolute atomic E-state index is 0.441. The molecule has 0 aromatic heterocycles. The summed E-state index contributed by atoms with van der Waals surface area (Å²) in [5, 5.41) is 3.45. The molecule has 0 amide bonds. The number of nitrogens with one attached hydrogen (secondary N) is 1. The van der Waals surface area contributed by atoms with Gasteiger partial charge in [-0.3, -0.25) is 0 Å². The number of rotatable bonds is 11. The van der Waals surface area contributed by atoms with Crippen LogP contribution < -0.4 is 19.7 Å². The molecule has 0 saturated carbocycles. The van der Waals surface area contributed by atoms with Gasteiger partial charge in [0.05, 0.1) is 14.2 Å². The van der Waals surface area contributed by atoms with Crippen molar-refractivity contribution in [3.8, 4) is 11.5 Å². The Kier molecular flexibility index (Phi) is 8.72. The minimum Gasteiger partial charge on any atom is -0.497 e. The second-order valence-corrected chi connectivity index (χ2v) is 5.69. The summed E-state index contributed by atoms with van der Waals surface area (Å²) in [7, 11) is 3.32. The van der Waals surface area contributed by atoms with Crippen molar-refractivity contribution >= 4 is 5.69 Å². The van der Waals surface area contributed by atoms with Crippen LogP contribution in [0, 0.1) is 0 Å². The molecule has 1 aromatic rings. The molecule has 24 heavy (non-hydrogen) atoms. The SMILES string of the molecule is C=CCC=C(C=C)N(CCNC(C)C)c1cc(OC)cc(OC)c1. The third-order valence-electron chi connectivity index (χ3n) is 3.55. The molecule has 1 N–H and O–H groups in total. The van der Waals surface area contributed by atoms with Crippen molar-refractivity contribution in [3.05, 3.63) is 55.3 Å². The average molecular weight is 330 g/mol. The Morgan fingerprint density at radius 2 is 1.79 bits per heavy atom. The fourth-order valence-electron chi connectivity index (χ4n) is 2.33. The van der Waals surface area contributed by atoms with Gasteiger partial charge in [0.2, 0.25) is 0 Å². The zero-order chi connectivity index (χ0) is 17.9. The molecule has 4 heteroatoms. The van der Waals surface area contributed by atoms with Crippen LogP contribution in [0.1, 0.15) is 20.3 Å². The van der Waals surface area contributed by atoms with Gasteiger partial charge in [0.1, 0.15) is 11.5 Å². The number of anilines is 1. The first-order valence-corrected chi connectivity index (χ1v) is 8.23. The zero-order valence-electron chi connectivity index (χ0n) is 15.3. The van der Waals surface area contributed by atoms with Crippen LogP contribution in [-0.2, 0) is 0 Å². The molecule has 0 spiro atoms. The number of methoxy groups -OCH3 is 2. The lowest BCUT2D eigenvalue weighted by Gasteiger charge is -2.27. The predicted octanol–water partition coefficient (Wildman–Crippen LogP) is 4.15. The number of hydrogen-bond acceptors (Lipinski definition) is 4. The molecule has 0 aliphatic heterocycles. The van der Waals surface area contributed by atoms with E-state index in [2.05, 4.69) is 43.3 Å². The summed E-state index contributed by atoms with van der Waals surface area (Å²) in [6.45, 7) is 13.7. The summed E-state index contributed by atoms with van der Waals surface area (Å²) in [5.74, 6) is 1.52. The standard InChI is InChI=1S/C20H30N2O2/c1-7-9-10-17(8-2)22(12-11-21-16(3)4)18-13-19(23-5)15-20(14-18)24-6/h7-8,10,13-16,21H,1-2,9,11-12H2,3-6H3. The second kappa shape index (κ2) is 10.6. The third kappa shape index (κ3) is 6.13. The summed E-state index contributed by atoms with van der Waals surface area (Å²) in [5.41, 5.74) is 2.04. The summed E-state index contributed by atoms with van der Waals surface area (Å²) >= 11 is 0. The topological polar surface area (TPSA) is 33.7 Å². The molecular formula is C20H30N2O2. The van der Waals surface area contributed by atoms with E-state index in [0.717, 1.165) is 42.4 Å². The van der Waals surface area contributed by atoms with Crippen LogP contribution in [0.2, 0.25) is 0 Å². The molecule has 0 bridgehead atoms. The van der Waals surface area contributed by atoms with E-state index in [0.29, 0.717) is 6.04 Å². The molecule has 0 heterocycles. The van der Waals surface area contributed by atoms with Gasteiger partial charge in [-0.1, -0.05) is 32.6 Å². The smallest absolute Gasteiger partial charge is 0.124 e. The van der Waals surface area contributed by atoms with Crippen LogP contribution in [0.5, 0.6) is 11.5 Å². The van der Waals surface area contributed by atoms with Gasteiger partial charge in [-0.25, -0.2) is 0 Å².